The van der Waals surface area contributed by atoms with Crippen molar-refractivity contribution in [3.63, 3.8) is 0 Å². The van der Waals surface area contributed by atoms with E-state index in [1.807, 2.05) is 28.0 Å². The molecule has 2 amide bonds. The molecule has 0 spiro atoms. The molecule has 2 heterocycles. The molecule has 2 aliphatic rings. The van der Waals surface area contributed by atoms with Gasteiger partial charge in [0.15, 0.2) is 18.1 Å². The second-order valence-corrected chi connectivity index (χ2v) is 12.1. The van der Waals surface area contributed by atoms with Crippen molar-refractivity contribution in [2.75, 3.05) is 44.8 Å². The van der Waals surface area contributed by atoms with E-state index in [4.69, 9.17) is 9.47 Å². The minimum absolute atomic E-state index is 0.0610. The molecular formula is C35H42F3N5O6. The first-order valence-electron chi connectivity index (χ1n) is 16.7. The summed E-state index contributed by atoms with van der Waals surface area (Å²) in [7, 11) is 0. The van der Waals surface area contributed by atoms with E-state index in [0.29, 0.717) is 51.3 Å². The molecule has 1 aliphatic heterocycles. The Hall–Kier alpha value is -4.43. The molecule has 11 nitrogen and oxygen atoms in total. The smallest absolute Gasteiger partial charge is 0.481 e. The summed E-state index contributed by atoms with van der Waals surface area (Å²) in [5.41, 5.74) is 3.85. The first-order valence-corrected chi connectivity index (χ1v) is 16.7. The molecule has 2 aromatic carbocycles. The zero-order chi connectivity index (χ0) is 34.8. The predicted octanol–water partition coefficient (Wildman–Crippen LogP) is 4.92. The third kappa shape index (κ3) is 9.82. The Bertz CT molecular complexity index is 1600. The summed E-state index contributed by atoms with van der Waals surface area (Å²) < 4.78 is 56.0. The van der Waals surface area contributed by atoms with Gasteiger partial charge in [0.25, 0.3) is 5.91 Å². The van der Waals surface area contributed by atoms with Gasteiger partial charge in [0.05, 0.1) is 25.8 Å². The topological polar surface area (TPSA) is 124 Å². The normalized spacial score (nSPS) is 14.7. The van der Waals surface area contributed by atoms with Crippen LogP contribution in [0.25, 0.3) is 11.1 Å². The lowest BCUT2D eigenvalue weighted by Gasteiger charge is -2.29. The Morgan fingerprint density at radius 2 is 1.92 bits per heavy atom. The van der Waals surface area contributed by atoms with Gasteiger partial charge in [-0.25, -0.2) is 4.79 Å². The molecule has 0 bridgehead atoms. The first-order chi connectivity index (χ1) is 23.6. The third-order valence-corrected chi connectivity index (χ3v) is 8.65. The van der Waals surface area contributed by atoms with Gasteiger partial charge in [-0.3, -0.25) is 14.3 Å². The van der Waals surface area contributed by atoms with Crippen LogP contribution in [0.4, 0.5) is 18.9 Å². The average Bonchev–Trinajstić information content (AvgIpc) is 3.80. The van der Waals surface area contributed by atoms with Gasteiger partial charge in [-0.1, -0.05) is 43.2 Å². The number of halogens is 3. The summed E-state index contributed by atoms with van der Waals surface area (Å²) in [4.78, 5) is 38.5. The number of benzene rings is 2. The molecular weight excluding hydrogens is 643 g/mol. The molecule has 49 heavy (non-hydrogen) atoms. The Labute approximate surface area is 283 Å². The number of hydrogen-bond acceptors (Lipinski definition) is 8. The van der Waals surface area contributed by atoms with E-state index in [2.05, 4.69) is 45.6 Å². The van der Waals surface area contributed by atoms with E-state index in [-0.39, 0.29) is 30.0 Å². The molecule has 5 rings (SSSR count). The molecule has 0 saturated heterocycles. The highest BCUT2D eigenvalue weighted by Gasteiger charge is 2.42. The van der Waals surface area contributed by atoms with Gasteiger partial charge >= 0.3 is 12.1 Å². The van der Waals surface area contributed by atoms with Gasteiger partial charge in [-0.2, -0.15) is 18.3 Å². The van der Waals surface area contributed by atoms with Crippen LogP contribution in [0.5, 0.6) is 11.5 Å². The van der Waals surface area contributed by atoms with E-state index in [0.717, 1.165) is 55.3 Å². The number of carbonyl (C=O) groups excluding carboxylic acids is 3. The molecule has 0 unspecified atom stereocenters. The van der Waals surface area contributed by atoms with Crippen molar-refractivity contribution < 1.29 is 41.8 Å². The molecule has 2 N–H and O–H groups in total. The lowest BCUT2D eigenvalue weighted by Crippen LogP contribution is -2.43. The number of anilines is 1. The fourth-order valence-electron chi connectivity index (χ4n) is 6.11. The summed E-state index contributed by atoms with van der Waals surface area (Å²) in [6.07, 6.45) is 4.29. The second kappa shape index (κ2) is 16.8. The SMILES string of the molecule is CCn1cc(-c2cccc(CCOCCC(=O)N(CCNCCc3ccc(OC(=O)C(F)(F)F)c4c3OCC(=O)N4)C3CCCC3)c2)cn1. The summed E-state index contributed by atoms with van der Waals surface area (Å²) in [6, 6.07) is 11.2. The highest BCUT2D eigenvalue weighted by molar-refractivity contribution is 5.98. The molecule has 1 saturated carbocycles. The molecule has 3 aromatic rings. The van der Waals surface area contributed by atoms with Crippen LogP contribution in [0.2, 0.25) is 0 Å². The standard InChI is InChI=1S/C35H42F3N5O6/c1-2-42-22-27(21-40-42)26-7-5-6-24(20-26)13-18-47-19-14-31(45)43(28-8-3-4-9-28)17-16-39-15-12-25-10-11-29(49-34(46)35(36,37)38)32-33(25)48-23-30(44)41-32/h5-7,10-11,20-22,28,39H,2-4,8-9,12-19,23H2,1H3,(H,41,44). The van der Waals surface area contributed by atoms with E-state index >= 15 is 0 Å². The maximum atomic E-state index is 13.3. The largest absolute Gasteiger partial charge is 0.491 e. The molecule has 1 aliphatic carbocycles. The Balaban J connectivity index is 1.07. The van der Waals surface area contributed by atoms with Crippen molar-refractivity contribution in [2.24, 2.45) is 0 Å². The van der Waals surface area contributed by atoms with Gasteiger partial charge in [0.2, 0.25) is 5.91 Å². The molecule has 0 radical (unpaired) electrons. The van der Waals surface area contributed by atoms with Crippen molar-refractivity contribution >= 4 is 23.5 Å². The van der Waals surface area contributed by atoms with Crippen molar-refractivity contribution in [1.29, 1.82) is 0 Å². The minimum atomic E-state index is -5.19. The molecule has 0 atom stereocenters. The van der Waals surface area contributed by atoms with Crippen LogP contribution in [-0.4, -0.2) is 84.1 Å². The van der Waals surface area contributed by atoms with Crippen LogP contribution in [0.3, 0.4) is 0 Å². The lowest BCUT2D eigenvalue weighted by molar-refractivity contribution is -0.189. The number of ether oxygens (including phenoxy) is 3. The minimum Gasteiger partial charge on any atom is -0.481 e. The number of nitrogens with zero attached hydrogens (tertiary/aromatic N) is 3. The summed E-state index contributed by atoms with van der Waals surface area (Å²) >= 11 is 0. The van der Waals surface area contributed by atoms with Crippen molar-refractivity contribution in [1.82, 2.24) is 20.0 Å². The number of aryl methyl sites for hydroxylation is 1. The van der Waals surface area contributed by atoms with E-state index in [1.165, 1.54) is 12.1 Å². The van der Waals surface area contributed by atoms with Gasteiger partial charge in [-0.05, 0) is 61.9 Å². The van der Waals surface area contributed by atoms with Crippen LogP contribution in [0.1, 0.15) is 50.2 Å². The molecule has 14 heteroatoms. The number of hydrogen-bond donors (Lipinski definition) is 2. The zero-order valence-electron chi connectivity index (χ0n) is 27.5. The summed E-state index contributed by atoms with van der Waals surface area (Å²) in [5, 5.41) is 10.1. The number of rotatable bonds is 16. The fraction of sp³-hybridized carbons (Fsp3) is 0.486. The Kier molecular flexibility index (Phi) is 12.3. The van der Waals surface area contributed by atoms with Crippen molar-refractivity contribution in [2.45, 2.75) is 70.6 Å². The second-order valence-electron chi connectivity index (χ2n) is 12.1. The first kappa shape index (κ1) is 35.9. The summed E-state index contributed by atoms with van der Waals surface area (Å²) in [6.45, 7) is 4.96. The third-order valence-electron chi connectivity index (χ3n) is 8.65. The van der Waals surface area contributed by atoms with Gasteiger partial charge in [0, 0.05) is 37.4 Å². The Morgan fingerprint density at radius 3 is 2.67 bits per heavy atom. The van der Waals surface area contributed by atoms with Crippen molar-refractivity contribution in [3.05, 3.63) is 59.9 Å². The van der Waals surface area contributed by atoms with Gasteiger partial charge in [0.1, 0.15) is 5.69 Å². The number of aromatic nitrogens is 2. The number of fused-ring (bicyclic) bond motifs is 1. The number of amides is 2. The van der Waals surface area contributed by atoms with Crippen LogP contribution in [-0.2, 0) is 38.5 Å². The molecule has 264 valence electrons. The van der Waals surface area contributed by atoms with E-state index < -0.39 is 23.8 Å². The quantitative estimate of drug-likeness (QED) is 0.124. The van der Waals surface area contributed by atoms with Crippen molar-refractivity contribution in [3.8, 4) is 22.6 Å². The average molecular weight is 686 g/mol. The lowest BCUT2D eigenvalue weighted by atomic mass is 10.0. The number of alkyl halides is 3. The highest BCUT2D eigenvalue weighted by Crippen LogP contribution is 2.40. The van der Waals surface area contributed by atoms with Crippen LogP contribution < -0.4 is 20.1 Å². The zero-order valence-corrected chi connectivity index (χ0v) is 27.5. The maximum absolute atomic E-state index is 13.3. The van der Waals surface area contributed by atoms with E-state index in [9.17, 15) is 27.6 Å². The maximum Gasteiger partial charge on any atom is 0.491 e. The Morgan fingerprint density at radius 1 is 1.10 bits per heavy atom. The molecule has 1 fully saturated rings. The molecule has 1 aromatic heterocycles. The fourth-order valence-corrected chi connectivity index (χ4v) is 6.11. The van der Waals surface area contributed by atoms with E-state index in [1.54, 1.807) is 0 Å². The monoisotopic (exact) mass is 685 g/mol. The highest BCUT2D eigenvalue weighted by atomic mass is 19.4. The van der Waals surface area contributed by atoms with Crippen LogP contribution in [0.15, 0.2) is 48.8 Å². The van der Waals surface area contributed by atoms with Gasteiger partial charge in [-0.15, -0.1) is 0 Å². The van der Waals surface area contributed by atoms with Gasteiger partial charge < -0.3 is 29.7 Å². The number of nitrogens with one attached hydrogen (secondary N) is 2. The number of esters is 1. The van der Waals surface area contributed by atoms with Crippen LogP contribution in [0, 0.1) is 0 Å². The van der Waals surface area contributed by atoms with Crippen LogP contribution >= 0.6 is 0 Å². The summed E-state index contributed by atoms with van der Waals surface area (Å²) in [5.74, 6) is -3.19. The number of carbonyl (C=O) groups is 3. The predicted molar refractivity (Wildman–Crippen MR) is 175 cm³/mol.